The van der Waals surface area contributed by atoms with Gasteiger partial charge < -0.3 is 9.47 Å². The smallest absolute Gasteiger partial charge is 0.340 e. The SMILES string of the molecule is CCOC(=O)c1ccccc1NS(=O)(=O)c1ccc(OC(=O)C(C)(C)C)cc1. The van der Waals surface area contributed by atoms with Gasteiger partial charge >= 0.3 is 11.9 Å². The number of nitrogens with one attached hydrogen (secondary N) is 1. The van der Waals surface area contributed by atoms with Gasteiger partial charge in [0.25, 0.3) is 10.0 Å². The molecule has 0 saturated heterocycles. The second-order valence-electron chi connectivity index (χ2n) is 6.98. The number of hydrogen-bond acceptors (Lipinski definition) is 6. The summed E-state index contributed by atoms with van der Waals surface area (Å²) in [5.41, 5.74) is -0.448. The molecule has 150 valence electrons. The predicted molar refractivity (Wildman–Crippen MR) is 105 cm³/mol. The Morgan fingerprint density at radius 3 is 2.18 bits per heavy atom. The van der Waals surface area contributed by atoms with Gasteiger partial charge in [-0.2, -0.15) is 0 Å². The summed E-state index contributed by atoms with van der Waals surface area (Å²) in [4.78, 5) is 23.9. The van der Waals surface area contributed by atoms with Crippen LogP contribution < -0.4 is 9.46 Å². The molecule has 7 nitrogen and oxygen atoms in total. The number of para-hydroxylation sites is 1. The van der Waals surface area contributed by atoms with Gasteiger partial charge in [-0.05, 0) is 64.1 Å². The molecule has 0 heterocycles. The Morgan fingerprint density at radius 1 is 1.00 bits per heavy atom. The molecule has 0 aromatic heterocycles. The van der Waals surface area contributed by atoms with E-state index in [1.807, 2.05) is 0 Å². The van der Waals surface area contributed by atoms with Crippen LogP contribution in [0.2, 0.25) is 0 Å². The van der Waals surface area contributed by atoms with Crippen LogP contribution in [0.1, 0.15) is 38.1 Å². The molecular weight excluding hydrogens is 382 g/mol. The summed E-state index contributed by atoms with van der Waals surface area (Å²) >= 11 is 0. The lowest BCUT2D eigenvalue weighted by Crippen LogP contribution is -2.25. The number of carbonyl (C=O) groups excluding carboxylic acids is 2. The standard InChI is InChI=1S/C20H23NO6S/c1-5-26-18(22)16-8-6-7-9-17(16)21-28(24,25)15-12-10-14(11-13-15)27-19(23)20(2,3)4/h6-13,21H,5H2,1-4H3. The normalized spacial score (nSPS) is 11.6. The van der Waals surface area contributed by atoms with Crippen LogP contribution in [0.15, 0.2) is 53.4 Å². The lowest BCUT2D eigenvalue weighted by atomic mass is 9.97. The number of carbonyl (C=O) groups is 2. The molecule has 0 unspecified atom stereocenters. The number of anilines is 1. The van der Waals surface area contributed by atoms with Crippen molar-refractivity contribution < 1.29 is 27.5 Å². The number of sulfonamides is 1. The van der Waals surface area contributed by atoms with Crippen LogP contribution in [0.25, 0.3) is 0 Å². The molecule has 0 aliphatic carbocycles. The van der Waals surface area contributed by atoms with Crippen LogP contribution in [0.4, 0.5) is 5.69 Å². The zero-order valence-corrected chi connectivity index (χ0v) is 17.0. The van der Waals surface area contributed by atoms with Crippen molar-refractivity contribution in [3.8, 4) is 5.75 Å². The van der Waals surface area contributed by atoms with Crippen LogP contribution in [0, 0.1) is 5.41 Å². The van der Waals surface area contributed by atoms with Crippen LogP contribution in [-0.4, -0.2) is 27.0 Å². The van der Waals surface area contributed by atoms with E-state index in [0.29, 0.717) is 0 Å². The Kier molecular flexibility index (Phi) is 6.45. The van der Waals surface area contributed by atoms with Gasteiger partial charge in [-0.1, -0.05) is 12.1 Å². The Bertz CT molecular complexity index is 959. The number of esters is 2. The van der Waals surface area contributed by atoms with Crippen LogP contribution in [-0.2, 0) is 19.6 Å². The fourth-order valence-corrected chi connectivity index (χ4v) is 3.19. The molecule has 0 amide bonds. The van der Waals surface area contributed by atoms with Crippen molar-refractivity contribution in [2.24, 2.45) is 5.41 Å². The van der Waals surface area contributed by atoms with E-state index in [1.54, 1.807) is 39.8 Å². The van der Waals surface area contributed by atoms with E-state index in [2.05, 4.69) is 4.72 Å². The number of hydrogen-bond donors (Lipinski definition) is 1. The maximum atomic E-state index is 12.7. The molecule has 28 heavy (non-hydrogen) atoms. The molecule has 2 aromatic rings. The summed E-state index contributed by atoms with van der Waals surface area (Å²) in [6, 6.07) is 11.6. The van der Waals surface area contributed by atoms with E-state index in [4.69, 9.17) is 9.47 Å². The molecule has 0 aliphatic rings. The maximum absolute atomic E-state index is 12.7. The monoisotopic (exact) mass is 405 g/mol. The first-order valence-electron chi connectivity index (χ1n) is 8.66. The van der Waals surface area contributed by atoms with Gasteiger partial charge in [-0.15, -0.1) is 0 Å². The Labute approximate surface area is 164 Å². The van der Waals surface area contributed by atoms with Gasteiger partial charge in [-0.3, -0.25) is 9.52 Å². The Balaban J connectivity index is 2.22. The highest BCUT2D eigenvalue weighted by Gasteiger charge is 2.24. The zero-order chi connectivity index (χ0) is 20.9. The van der Waals surface area contributed by atoms with E-state index in [-0.39, 0.29) is 28.5 Å². The summed E-state index contributed by atoms with van der Waals surface area (Å²) in [7, 11) is -3.96. The highest BCUT2D eigenvalue weighted by atomic mass is 32.2. The van der Waals surface area contributed by atoms with Crippen LogP contribution in [0.5, 0.6) is 5.75 Å². The zero-order valence-electron chi connectivity index (χ0n) is 16.2. The third kappa shape index (κ3) is 5.32. The second kappa shape index (κ2) is 8.43. The average Bonchev–Trinajstić information content (AvgIpc) is 2.61. The largest absolute Gasteiger partial charge is 0.462 e. The first-order valence-corrected chi connectivity index (χ1v) is 10.1. The molecule has 2 rings (SSSR count). The fraction of sp³-hybridized carbons (Fsp3) is 0.300. The summed E-state index contributed by atoms with van der Waals surface area (Å²) < 4.78 is 37.9. The van der Waals surface area contributed by atoms with Crippen molar-refractivity contribution in [1.82, 2.24) is 0 Å². The topological polar surface area (TPSA) is 98.8 Å². The number of benzene rings is 2. The second-order valence-corrected chi connectivity index (χ2v) is 8.66. The molecule has 0 fully saturated rings. The molecule has 0 spiro atoms. The van der Waals surface area contributed by atoms with Crippen molar-refractivity contribution in [2.45, 2.75) is 32.6 Å². The minimum Gasteiger partial charge on any atom is -0.462 e. The summed E-state index contributed by atoms with van der Waals surface area (Å²) in [5.74, 6) is -0.805. The first-order chi connectivity index (χ1) is 13.0. The molecule has 0 atom stereocenters. The van der Waals surface area contributed by atoms with Crippen LogP contribution >= 0.6 is 0 Å². The van der Waals surface area contributed by atoms with Gasteiger partial charge in [0, 0.05) is 0 Å². The minimum absolute atomic E-state index is 0.0401. The maximum Gasteiger partial charge on any atom is 0.340 e. The van der Waals surface area contributed by atoms with E-state index in [0.717, 1.165) is 0 Å². The van der Waals surface area contributed by atoms with Gasteiger partial charge in [0.15, 0.2) is 0 Å². The lowest BCUT2D eigenvalue weighted by molar-refractivity contribution is -0.143. The molecule has 0 aliphatic heterocycles. The molecule has 0 bridgehead atoms. The fourth-order valence-electron chi connectivity index (χ4n) is 2.11. The number of ether oxygens (including phenoxy) is 2. The van der Waals surface area contributed by atoms with E-state index in [1.165, 1.54) is 36.4 Å². The number of rotatable bonds is 6. The van der Waals surface area contributed by atoms with Gasteiger partial charge in [0.2, 0.25) is 0 Å². The Hall–Kier alpha value is -2.87. The van der Waals surface area contributed by atoms with Crippen molar-refractivity contribution in [3.63, 3.8) is 0 Å². The molecule has 8 heteroatoms. The van der Waals surface area contributed by atoms with E-state index in [9.17, 15) is 18.0 Å². The average molecular weight is 405 g/mol. The summed E-state index contributed by atoms with van der Waals surface area (Å²) in [6.07, 6.45) is 0. The van der Waals surface area contributed by atoms with Gasteiger partial charge in [0.05, 0.1) is 28.2 Å². The van der Waals surface area contributed by atoms with Gasteiger partial charge in [0.1, 0.15) is 5.75 Å². The quantitative estimate of drug-likeness (QED) is 0.582. The molecular formula is C20H23NO6S. The van der Waals surface area contributed by atoms with Crippen molar-refractivity contribution in [2.75, 3.05) is 11.3 Å². The highest BCUT2D eigenvalue weighted by Crippen LogP contribution is 2.24. The third-order valence-corrected chi connectivity index (χ3v) is 5.01. The van der Waals surface area contributed by atoms with Crippen molar-refractivity contribution >= 4 is 27.6 Å². The van der Waals surface area contributed by atoms with E-state index < -0.39 is 27.4 Å². The van der Waals surface area contributed by atoms with Gasteiger partial charge in [-0.25, -0.2) is 13.2 Å². The van der Waals surface area contributed by atoms with Crippen LogP contribution in [0.3, 0.4) is 0 Å². The molecule has 0 radical (unpaired) electrons. The van der Waals surface area contributed by atoms with Crippen molar-refractivity contribution in [3.05, 3.63) is 54.1 Å². The molecule has 0 saturated carbocycles. The molecule has 1 N–H and O–H groups in total. The highest BCUT2D eigenvalue weighted by molar-refractivity contribution is 7.92. The van der Waals surface area contributed by atoms with E-state index >= 15 is 0 Å². The summed E-state index contributed by atoms with van der Waals surface area (Å²) in [6.45, 7) is 7.00. The predicted octanol–water partition coefficient (Wildman–Crippen LogP) is 3.62. The lowest BCUT2D eigenvalue weighted by Gasteiger charge is -2.16. The van der Waals surface area contributed by atoms with Crippen molar-refractivity contribution in [1.29, 1.82) is 0 Å². The minimum atomic E-state index is -3.96. The summed E-state index contributed by atoms with van der Waals surface area (Å²) in [5, 5.41) is 0. The first kappa shape index (κ1) is 21.4. The molecule has 2 aromatic carbocycles. The third-order valence-electron chi connectivity index (χ3n) is 3.62. The Morgan fingerprint density at radius 2 is 1.61 bits per heavy atom.